The smallest absolute Gasteiger partial charge is 0.123 e. The highest BCUT2D eigenvalue weighted by Crippen LogP contribution is 2.33. The second-order valence-electron chi connectivity index (χ2n) is 5.37. The molecule has 1 aliphatic rings. The van der Waals surface area contributed by atoms with Gasteiger partial charge in [-0.3, -0.25) is 0 Å². The Morgan fingerprint density at radius 3 is 2.50 bits per heavy atom. The average Bonchev–Trinajstić information content (AvgIpc) is 2.81. The topological polar surface area (TPSA) is 12.0 Å². The van der Waals surface area contributed by atoms with E-state index >= 15 is 0 Å². The van der Waals surface area contributed by atoms with Crippen molar-refractivity contribution in [2.75, 3.05) is 0 Å². The van der Waals surface area contributed by atoms with Gasteiger partial charge in [-0.15, -0.1) is 0 Å². The minimum atomic E-state index is -0.220. The number of fused-ring (bicyclic) bond motifs is 1. The minimum absolute atomic E-state index is 0.136. The molecule has 3 rings (SSSR count). The highest BCUT2D eigenvalue weighted by Gasteiger charge is 2.24. The molecule has 0 amide bonds. The SMILES string of the molecule is C[C@@H](NC1CCc2cc(F)ccc21)c1ccc(F)cc1. The Balaban J connectivity index is 1.75. The minimum Gasteiger partial charge on any atom is -0.303 e. The Morgan fingerprint density at radius 2 is 1.75 bits per heavy atom. The third kappa shape index (κ3) is 2.59. The Hall–Kier alpha value is -1.74. The molecular formula is C17H17F2N. The van der Waals surface area contributed by atoms with Crippen molar-refractivity contribution in [3.05, 3.63) is 70.8 Å². The molecule has 1 nitrogen and oxygen atoms in total. The van der Waals surface area contributed by atoms with Crippen LogP contribution in [0.1, 0.15) is 42.1 Å². The molecule has 1 unspecified atom stereocenters. The fourth-order valence-electron chi connectivity index (χ4n) is 2.91. The van der Waals surface area contributed by atoms with E-state index in [2.05, 4.69) is 12.2 Å². The van der Waals surface area contributed by atoms with Gasteiger partial charge in [0, 0.05) is 12.1 Å². The van der Waals surface area contributed by atoms with Gasteiger partial charge in [0.2, 0.25) is 0 Å². The molecule has 2 aromatic carbocycles. The summed E-state index contributed by atoms with van der Waals surface area (Å²) in [6.07, 6.45) is 1.88. The molecule has 2 aromatic rings. The Labute approximate surface area is 117 Å². The van der Waals surface area contributed by atoms with Crippen LogP contribution in [0.3, 0.4) is 0 Å². The molecule has 20 heavy (non-hydrogen) atoms. The van der Waals surface area contributed by atoms with Gasteiger partial charge in [0.15, 0.2) is 0 Å². The molecule has 0 bridgehead atoms. The molecule has 2 atom stereocenters. The first kappa shape index (κ1) is 13.3. The number of hydrogen-bond acceptors (Lipinski definition) is 1. The molecule has 1 aliphatic carbocycles. The first-order valence-corrected chi connectivity index (χ1v) is 6.93. The first-order valence-electron chi connectivity index (χ1n) is 6.93. The second kappa shape index (κ2) is 5.33. The average molecular weight is 273 g/mol. The predicted octanol–water partition coefficient (Wildman–Crippen LogP) is 4.30. The van der Waals surface area contributed by atoms with Crippen molar-refractivity contribution in [3.63, 3.8) is 0 Å². The highest BCUT2D eigenvalue weighted by molar-refractivity contribution is 5.35. The van der Waals surface area contributed by atoms with Crippen LogP contribution in [0, 0.1) is 11.6 Å². The van der Waals surface area contributed by atoms with E-state index in [0.29, 0.717) is 0 Å². The normalized spacial score (nSPS) is 18.9. The van der Waals surface area contributed by atoms with Crippen LogP contribution in [-0.4, -0.2) is 0 Å². The van der Waals surface area contributed by atoms with Gasteiger partial charge in [0.25, 0.3) is 0 Å². The van der Waals surface area contributed by atoms with Crippen LogP contribution in [0.4, 0.5) is 8.78 Å². The van der Waals surface area contributed by atoms with Gasteiger partial charge in [0.1, 0.15) is 11.6 Å². The number of nitrogens with one attached hydrogen (secondary N) is 1. The van der Waals surface area contributed by atoms with Gasteiger partial charge in [0.05, 0.1) is 0 Å². The van der Waals surface area contributed by atoms with E-state index in [1.807, 2.05) is 6.07 Å². The summed E-state index contributed by atoms with van der Waals surface area (Å²) >= 11 is 0. The molecule has 0 fully saturated rings. The van der Waals surface area contributed by atoms with Gasteiger partial charge >= 0.3 is 0 Å². The molecule has 1 N–H and O–H groups in total. The molecule has 0 saturated heterocycles. The largest absolute Gasteiger partial charge is 0.303 e. The van der Waals surface area contributed by atoms with Crippen molar-refractivity contribution in [2.24, 2.45) is 0 Å². The van der Waals surface area contributed by atoms with Gasteiger partial charge < -0.3 is 5.32 Å². The zero-order valence-electron chi connectivity index (χ0n) is 11.4. The first-order chi connectivity index (χ1) is 9.63. The van der Waals surface area contributed by atoms with Crippen molar-refractivity contribution < 1.29 is 8.78 Å². The van der Waals surface area contributed by atoms with Crippen molar-refractivity contribution in [1.82, 2.24) is 5.32 Å². The summed E-state index contributed by atoms with van der Waals surface area (Å²) in [7, 11) is 0. The third-order valence-corrected chi connectivity index (χ3v) is 4.00. The Kier molecular flexibility index (Phi) is 3.53. The fraction of sp³-hybridized carbons (Fsp3) is 0.294. The van der Waals surface area contributed by atoms with Gasteiger partial charge in [-0.2, -0.15) is 0 Å². The third-order valence-electron chi connectivity index (χ3n) is 4.00. The predicted molar refractivity (Wildman–Crippen MR) is 75.4 cm³/mol. The van der Waals surface area contributed by atoms with Crippen LogP contribution >= 0.6 is 0 Å². The molecule has 0 aliphatic heterocycles. The van der Waals surface area contributed by atoms with Gasteiger partial charge in [-0.05, 0) is 60.7 Å². The van der Waals surface area contributed by atoms with Crippen LogP contribution in [0.15, 0.2) is 42.5 Å². The number of aryl methyl sites for hydroxylation is 1. The molecule has 104 valence electrons. The lowest BCUT2D eigenvalue weighted by Crippen LogP contribution is -2.23. The van der Waals surface area contributed by atoms with E-state index in [-0.39, 0.29) is 23.7 Å². The zero-order chi connectivity index (χ0) is 14.1. The lowest BCUT2D eigenvalue weighted by molar-refractivity contribution is 0.464. The summed E-state index contributed by atoms with van der Waals surface area (Å²) in [5.74, 6) is -0.390. The zero-order valence-corrected chi connectivity index (χ0v) is 11.4. The number of benzene rings is 2. The summed E-state index contributed by atoms with van der Waals surface area (Å²) in [6.45, 7) is 2.06. The van der Waals surface area contributed by atoms with E-state index < -0.39 is 0 Å². The maximum Gasteiger partial charge on any atom is 0.123 e. The monoisotopic (exact) mass is 273 g/mol. The second-order valence-corrected chi connectivity index (χ2v) is 5.37. The van der Waals surface area contributed by atoms with Gasteiger partial charge in [-0.1, -0.05) is 18.2 Å². The Bertz CT molecular complexity index is 607. The number of hydrogen-bond donors (Lipinski definition) is 1. The molecule has 0 spiro atoms. The van der Waals surface area contributed by atoms with Crippen LogP contribution in [-0.2, 0) is 6.42 Å². The van der Waals surface area contributed by atoms with E-state index in [4.69, 9.17) is 0 Å². The van der Waals surface area contributed by atoms with E-state index in [1.165, 1.54) is 23.8 Å². The molecular weight excluding hydrogens is 256 g/mol. The fourth-order valence-corrected chi connectivity index (χ4v) is 2.91. The van der Waals surface area contributed by atoms with E-state index in [0.717, 1.165) is 24.0 Å². The Morgan fingerprint density at radius 1 is 1.05 bits per heavy atom. The summed E-state index contributed by atoms with van der Waals surface area (Å²) in [6, 6.07) is 11.9. The van der Waals surface area contributed by atoms with Crippen LogP contribution in [0.5, 0.6) is 0 Å². The summed E-state index contributed by atoms with van der Waals surface area (Å²) in [4.78, 5) is 0. The van der Waals surface area contributed by atoms with Crippen molar-refractivity contribution in [3.8, 4) is 0 Å². The molecule has 0 saturated carbocycles. The maximum atomic E-state index is 13.2. The number of halogens is 2. The lowest BCUT2D eigenvalue weighted by Gasteiger charge is -2.21. The van der Waals surface area contributed by atoms with Crippen LogP contribution in [0.2, 0.25) is 0 Å². The standard InChI is InChI=1S/C17H17F2N/c1-11(12-2-5-14(18)6-3-12)20-17-9-4-13-10-15(19)7-8-16(13)17/h2-3,5-8,10-11,17,20H,4,9H2,1H3/t11-,17?/m1/s1. The van der Waals surface area contributed by atoms with Gasteiger partial charge in [-0.25, -0.2) is 8.78 Å². The highest BCUT2D eigenvalue weighted by atomic mass is 19.1. The molecule has 0 aromatic heterocycles. The summed E-state index contributed by atoms with van der Waals surface area (Å²) in [5.41, 5.74) is 3.33. The van der Waals surface area contributed by atoms with Crippen molar-refractivity contribution >= 4 is 0 Å². The maximum absolute atomic E-state index is 13.2. The van der Waals surface area contributed by atoms with Crippen molar-refractivity contribution in [2.45, 2.75) is 31.8 Å². The molecule has 0 heterocycles. The van der Waals surface area contributed by atoms with Crippen molar-refractivity contribution in [1.29, 1.82) is 0 Å². The van der Waals surface area contributed by atoms with Crippen LogP contribution in [0.25, 0.3) is 0 Å². The quantitative estimate of drug-likeness (QED) is 0.879. The van der Waals surface area contributed by atoms with E-state index in [9.17, 15) is 8.78 Å². The van der Waals surface area contributed by atoms with E-state index in [1.54, 1.807) is 18.2 Å². The molecule has 3 heteroatoms. The van der Waals surface area contributed by atoms with Crippen LogP contribution < -0.4 is 5.32 Å². The summed E-state index contributed by atoms with van der Waals surface area (Å²) in [5, 5.41) is 3.55. The molecule has 0 radical (unpaired) electrons. The number of rotatable bonds is 3. The lowest BCUT2D eigenvalue weighted by atomic mass is 10.0. The summed E-state index contributed by atoms with van der Waals surface area (Å²) < 4.78 is 26.1.